The van der Waals surface area contributed by atoms with Crippen LogP contribution in [-0.2, 0) is 17.8 Å². The Kier molecular flexibility index (Phi) is 4.81. The molecule has 3 rings (SSSR count). The number of rotatable bonds is 5. The minimum absolute atomic E-state index is 0.00886. The molecule has 0 aliphatic carbocycles. The van der Waals surface area contributed by atoms with Crippen LogP contribution in [0.3, 0.4) is 0 Å². The van der Waals surface area contributed by atoms with Crippen molar-refractivity contribution in [3.05, 3.63) is 68.5 Å². The van der Waals surface area contributed by atoms with Crippen LogP contribution in [0.4, 0.5) is 0 Å². The Labute approximate surface area is 142 Å². The third-order valence-corrected chi connectivity index (χ3v) is 4.32. The number of amides is 1. The minimum Gasteiger partial charge on any atom is -0.352 e. The van der Waals surface area contributed by atoms with Crippen molar-refractivity contribution >= 4 is 17.2 Å². The first-order valence-corrected chi connectivity index (χ1v) is 8.35. The van der Waals surface area contributed by atoms with E-state index in [4.69, 9.17) is 0 Å². The van der Waals surface area contributed by atoms with Gasteiger partial charge in [0.2, 0.25) is 5.91 Å². The molecule has 3 aromatic rings. The standard InChI is InChI=1S/C17H16N4O2S/c1-11-14(8-15(22)19-9-12-4-7-24-10-12)17(23)21-16(20-11)13-2-5-18-6-3-13/h2-7,10H,8-9H2,1H3,(H,19,22)(H,20,21,23). The predicted molar refractivity (Wildman–Crippen MR) is 92.7 cm³/mol. The quantitative estimate of drug-likeness (QED) is 0.744. The van der Waals surface area contributed by atoms with Crippen LogP contribution in [0.5, 0.6) is 0 Å². The van der Waals surface area contributed by atoms with Crippen molar-refractivity contribution < 1.29 is 4.79 Å². The number of H-pyrrole nitrogens is 1. The number of aromatic amines is 1. The van der Waals surface area contributed by atoms with E-state index in [1.807, 2.05) is 16.8 Å². The number of hydrogen-bond acceptors (Lipinski definition) is 5. The predicted octanol–water partition coefficient (Wildman–Crippen LogP) is 2.06. The Balaban J connectivity index is 1.74. The summed E-state index contributed by atoms with van der Waals surface area (Å²) in [4.78, 5) is 35.5. The molecule has 0 unspecified atom stereocenters. The van der Waals surface area contributed by atoms with Crippen molar-refractivity contribution in [3.8, 4) is 11.4 Å². The lowest BCUT2D eigenvalue weighted by molar-refractivity contribution is -0.120. The highest BCUT2D eigenvalue weighted by atomic mass is 32.1. The number of carbonyl (C=O) groups excluding carboxylic acids is 1. The van der Waals surface area contributed by atoms with Crippen LogP contribution in [0.15, 0.2) is 46.1 Å². The summed E-state index contributed by atoms with van der Waals surface area (Å²) in [6.07, 6.45) is 3.28. The van der Waals surface area contributed by atoms with Crippen molar-refractivity contribution in [1.29, 1.82) is 0 Å². The molecule has 0 bridgehead atoms. The average molecular weight is 340 g/mol. The lowest BCUT2D eigenvalue weighted by atomic mass is 10.1. The summed E-state index contributed by atoms with van der Waals surface area (Å²) in [5.41, 5.74) is 2.47. The molecule has 0 saturated carbocycles. The third-order valence-electron chi connectivity index (χ3n) is 3.58. The van der Waals surface area contributed by atoms with Crippen molar-refractivity contribution in [1.82, 2.24) is 20.3 Å². The summed E-state index contributed by atoms with van der Waals surface area (Å²) in [5, 5.41) is 6.75. The Bertz CT molecular complexity index is 889. The van der Waals surface area contributed by atoms with Crippen molar-refractivity contribution in [2.45, 2.75) is 19.9 Å². The van der Waals surface area contributed by atoms with Crippen molar-refractivity contribution in [2.75, 3.05) is 0 Å². The van der Waals surface area contributed by atoms with E-state index in [-0.39, 0.29) is 17.9 Å². The first-order valence-electron chi connectivity index (χ1n) is 7.41. The molecular weight excluding hydrogens is 324 g/mol. The molecule has 1 amide bonds. The second kappa shape index (κ2) is 7.18. The number of nitrogens with zero attached hydrogens (tertiary/aromatic N) is 2. The van der Waals surface area contributed by atoms with Gasteiger partial charge < -0.3 is 10.3 Å². The van der Waals surface area contributed by atoms with E-state index in [1.165, 1.54) is 0 Å². The maximum Gasteiger partial charge on any atom is 0.255 e. The fourth-order valence-corrected chi connectivity index (χ4v) is 2.95. The molecular formula is C17H16N4O2S. The topological polar surface area (TPSA) is 87.7 Å². The molecule has 3 heterocycles. The van der Waals surface area contributed by atoms with Crippen LogP contribution < -0.4 is 10.9 Å². The first kappa shape index (κ1) is 16.1. The van der Waals surface area contributed by atoms with Crippen LogP contribution in [0, 0.1) is 6.92 Å². The molecule has 0 atom stereocenters. The Hall–Kier alpha value is -2.80. The van der Waals surface area contributed by atoms with Gasteiger partial charge in [0.15, 0.2) is 0 Å². The van der Waals surface area contributed by atoms with Gasteiger partial charge in [-0.2, -0.15) is 11.3 Å². The SMILES string of the molecule is Cc1nc(-c2ccncc2)[nH]c(=O)c1CC(=O)NCc1ccsc1. The van der Waals surface area contributed by atoms with Gasteiger partial charge >= 0.3 is 0 Å². The van der Waals surface area contributed by atoms with Crippen LogP contribution in [0.1, 0.15) is 16.8 Å². The van der Waals surface area contributed by atoms with Gasteiger partial charge in [-0.3, -0.25) is 14.6 Å². The lowest BCUT2D eigenvalue weighted by Gasteiger charge is -2.08. The Morgan fingerprint density at radius 1 is 1.29 bits per heavy atom. The normalized spacial score (nSPS) is 10.5. The summed E-state index contributed by atoms with van der Waals surface area (Å²) in [6, 6.07) is 5.49. The maximum absolute atomic E-state index is 12.3. The van der Waals surface area contributed by atoms with Crippen molar-refractivity contribution in [3.63, 3.8) is 0 Å². The second-order valence-electron chi connectivity index (χ2n) is 5.30. The highest BCUT2D eigenvalue weighted by Gasteiger charge is 2.13. The van der Waals surface area contributed by atoms with Gasteiger partial charge in [0.25, 0.3) is 5.56 Å². The van der Waals surface area contributed by atoms with E-state index in [2.05, 4.69) is 20.3 Å². The lowest BCUT2D eigenvalue weighted by Crippen LogP contribution is -2.28. The molecule has 122 valence electrons. The number of pyridine rings is 1. The number of hydrogen-bond donors (Lipinski definition) is 2. The maximum atomic E-state index is 12.3. The molecule has 0 aliphatic rings. The fourth-order valence-electron chi connectivity index (χ4n) is 2.28. The Morgan fingerprint density at radius 2 is 2.08 bits per heavy atom. The zero-order valence-corrected chi connectivity index (χ0v) is 13.9. The summed E-state index contributed by atoms with van der Waals surface area (Å²) in [5.74, 6) is 0.274. The number of aryl methyl sites for hydroxylation is 1. The van der Waals surface area contributed by atoms with Gasteiger partial charge in [-0.25, -0.2) is 4.98 Å². The molecule has 7 heteroatoms. The summed E-state index contributed by atoms with van der Waals surface area (Å²) in [7, 11) is 0. The van der Waals surface area contributed by atoms with Crippen LogP contribution in [0.25, 0.3) is 11.4 Å². The molecule has 3 aromatic heterocycles. The van der Waals surface area contributed by atoms with E-state index in [1.54, 1.807) is 42.8 Å². The van der Waals surface area contributed by atoms with Gasteiger partial charge in [-0.15, -0.1) is 0 Å². The van der Waals surface area contributed by atoms with E-state index >= 15 is 0 Å². The van der Waals surface area contributed by atoms with Gasteiger partial charge in [-0.1, -0.05) is 0 Å². The summed E-state index contributed by atoms with van der Waals surface area (Å²) < 4.78 is 0. The zero-order valence-electron chi connectivity index (χ0n) is 13.1. The first-order chi connectivity index (χ1) is 11.6. The molecule has 0 fully saturated rings. The molecule has 0 spiro atoms. The largest absolute Gasteiger partial charge is 0.352 e. The molecule has 0 aliphatic heterocycles. The fraction of sp³-hybridized carbons (Fsp3) is 0.176. The summed E-state index contributed by atoms with van der Waals surface area (Å²) in [6.45, 7) is 2.20. The van der Waals surface area contributed by atoms with E-state index in [0.717, 1.165) is 11.1 Å². The highest BCUT2D eigenvalue weighted by Crippen LogP contribution is 2.13. The minimum atomic E-state index is -0.292. The third kappa shape index (κ3) is 3.75. The van der Waals surface area contributed by atoms with E-state index in [9.17, 15) is 9.59 Å². The smallest absolute Gasteiger partial charge is 0.255 e. The number of thiophene rings is 1. The monoisotopic (exact) mass is 340 g/mol. The van der Waals surface area contributed by atoms with Crippen LogP contribution in [-0.4, -0.2) is 20.9 Å². The van der Waals surface area contributed by atoms with Gasteiger partial charge in [0.1, 0.15) is 5.82 Å². The molecule has 0 saturated heterocycles. The number of aromatic nitrogens is 3. The molecule has 6 nitrogen and oxygen atoms in total. The van der Waals surface area contributed by atoms with Gasteiger partial charge in [0.05, 0.1) is 6.42 Å². The van der Waals surface area contributed by atoms with Crippen molar-refractivity contribution in [2.24, 2.45) is 0 Å². The molecule has 2 N–H and O–H groups in total. The van der Waals surface area contributed by atoms with Crippen LogP contribution >= 0.6 is 11.3 Å². The molecule has 0 radical (unpaired) electrons. The molecule has 0 aromatic carbocycles. The second-order valence-corrected chi connectivity index (χ2v) is 6.08. The van der Waals surface area contributed by atoms with E-state index < -0.39 is 0 Å². The zero-order chi connectivity index (χ0) is 16.9. The highest BCUT2D eigenvalue weighted by molar-refractivity contribution is 7.07. The number of carbonyl (C=O) groups is 1. The number of nitrogens with one attached hydrogen (secondary N) is 2. The van der Waals surface area contributed by atoms with Gasteiger partial charge in [0, 0.05) is 35.8 Å². The van der Waals surface area contributed by atoms with Crippen LogP contribution in [0.2, 0.25) is 0 Å². The van der Waals surface area contributed by atoms with E-state index in [0.29, 0.717) is 23.6 Å². The summed E-state index contributed by atoms with van der Waals surface area (Å²) >= 11 is 1.58. The average Bonchev–Trinajstić information content (AvgIpc) is 3.10. The van der Waals surface area contributed by atoms with Gasteiger partial charge in [-0.05, 0) is 41.4 Å². The molecule has 24 heavy (non-hydrogen) atoms. The Morgan fingerprint density at radius 3 is 2.75 bits per heavy atom.